The highest BCUT2D eigenvalue weighted by molar-refractivity contribution is 5.38. The maximum absolute atomic E-state index is 5.76. The minimum absolute atomic E-state index is 0.468. The van der Waals surface area contributed by atoms with Crippen LogP contribution < -0.4 is 5.73 Å². The molecule has 1 saturated carbocycles. The van der Waals surface area contributed by atoms with Gasteiger partial charge in [0.1, 0.15) is 5.69 Å². The molecule has 4 nitrogen and oxygen atoms in total. The summed E-state index contributed by atoms with van der Waals surface area (Å²) >= 11 is 0. The third kappa shape index (κ3) is 2.28. The maximum Gasteiger partial charge on any atom is 0.100 e. The molecule has 1 heterocycles. The number of rotatable bonds is 4. The predicted octanol–water partition coefficient (Wildman–Crippen LogP) is 2.73. The second kappa shape index (κ2) is 4.78. The van der Waals surface area contributed by atoms with Crippen LogP contribution in [0, 0.1) is 0 Å². The van der Waals surface area contributed by atoms with Crippen molar-refractivity contribution >= 4 is 0 Å². The van der Waals surface area contributed by atoms with Gasteiger partial charge in [0.2, 0.25) is 0 Å². The summed E-state index contributed by atoms with van der Waals surface area (Å²) < 4.78 is 1.96. The van der Waals surface area contributed by atoms with Crippen LogP contribution in [-0.2, 0) is 6.54 Å². The second-order valence-corrected chi connectivity index (χ2v) is 5.56. The van der Waals surface area contributed by atoms with Crippen molar-refractivity contribution in [3.05, 3.63) is 41.2 Å². The van der Waals surface area contributed by atoms with E-state index in [9.17, 15) is 0 Å². The van der Waals surface area contributed by atoms with Crippen LogP contribution in [-0.4, -0.2) is 15.0 Å². The molecule has 0 atom stereocenters. The van der Waals surface area contributed by atoms with Crippen molar-refractivity contribution in [2.45, 2.75) is 45.1 Å². The molecule has 1 aliphatic carbocycles. The molecule has 2 N–H and O–H groups in total. The molecule has 0 saturated heterocycles. The van der Waals surface area contributed by atoms with Crippen LogP contribution in [0.2, 0.25) is 0 Å². The van der Waals surface area contributed by atoms with Gasteiger partial charge in [-0.1, -0.05) is 31.2 Å². The fourth-order valence-electron chi connectivity index (χ4n) is 2.42. The molecule has 0 amide bonds. The molecular weight excluding hydrogens is 236 g/mol. The SMILES string of the molecule is CC(C)c1ccc(-n2nnc(CN)c2C2CC2)cc1. The topological polar surface area (TPSA) is 56.7 Å². The molecule has 0 radical (unpaired) electrons. The van der Waals surface area contributed by atoms with Gasteiger partial charge in [0.15, 0.2) is 0 Å². The van der Waals surface area contributed by atoms with E-state index in [2.05, 4.69) is 48.4 Å². The normalized spacial score (nSPS) is 15.2. The Bertz CT molecular complexity index is 564. The standard InChI is InChI=1S/C15H20N4/c1-10(2)11-5-7-13(8-6-11)19-15(12-3-4-12)14(9-16)17-18-19/h5-8,10,12H,3-4,9,16H2,1-2H3. The number of aromatic nitrogens is 3. The van der Waals surface area contributed by atoms with Gasteiger partial charge in [-0.05, 0) is 36.5 Å². The van der Waals surface area contributed by atoms with Gasteiger partial charge >= 0.3 is 0 Å². The molecule has 1 aliphatic rings. The first-order valence-electron chi connectivity index (χ1n) is 6.95. The van der Waals surface area contributed by atoms with E-state index in [1.165, 1.54) is 24.1 Å². The van der Waals surface area contributed by atoms with Crippen LogP contribution in [0.3, 0.4) is 0 Å². The van der Waals surface area contributed by atoms with Crippen molar-refractivity contribution in [3.8, 4) is 5.69 Å². The van der Waals surface area contributed by atoms with Crippen LogP contribution in [0.25, 0.3) is 5.69 Å². The summed E-state index contributed by atoms with van der Waals surface area (Å²) in [5.41, 5.74) is 10.3. The van der Waals surface area contributed by atoms with Crippen molar-refractivity contribution in [2.75, 3.05) is 0 Å². The minimum Gasteiger partial charge on any atom is -0.325 e. The molecule has 2 aromatic rings. The van der Waals surface area contributed by atoms with E-state index in [1.807, 2.05) is 4.68 Å². The molecule has 1 aromatic heterocycles. The van der Waals surface area contributed by atoms with Crippen molar-refractivity contribution in [1.29, 1.82) is 0 Å². The zero-order valence-electron chi connectivity index (χ0n) is 11.5. The number of hydrogen-bond acceptors (Lipinski definition) is 3. The van der Waals surface area contributed by atoms with Crippen molar-refractivity contribution < 1.29 is 0 Å². The van der Waals surface area contributed by atoms with Gasteiger partial charge in [0, 0.05) is 12.5 Å². The first kappa shape index (κ1) is 12.4. The third-order valence-electron chi connectivity index (χ3n) is 3.74. The molecule has 0 aliphatic heterocycles. The second-order valence-electron chi connectivity index (χ2n) is 5.56. The Hall–Kier alpha value is -1.68. The van der Waals surface area contributed by atoms with Gasteiger partial charge in [-0.15, -0.1) is 5.10 Å². The highest BCUT2D eigenvalue weighted by atomic mass is 15.4. The van der Waals surface area contributed by atoms with E-state index in [-0.39, 0.29) is 0 Å². The molecule has 4 heteroatoms. The van der Waals surface area contributed by atoms with E-state index in [4.69, 9.17) is 5.73 Å². The summed E-state index contributed by atoms with van der Waals surface area (Å²) in [6, 6.07) is 8.58. The Morgan fingerprint density at radius 3 is 2.47 bits per heavy atom. The Morgan fingerprint density at radius 2 is 1.95 bits per heavy atom. The quantitative estimate of drug-likeness (QED) is 0.915. The number of benzene rings is 1. The Kier molecular flexibility index (Phi) is 3.11. The summed E-state index contributed by atoms with van der Waals surface area (Å²) in [6.45, 7) is 4.87. The largest absolute Gasteiger partial charge is 0.325 e. The summed E-state index contributed by atoms with van der Waals surface area (Å²) in [4.78, 5) is 0. The Balaban J connectivity index is 1.99. The third-order valence-corrected chi connectivity index (χ3v) is 3.74. The lowest BCUT2D eigenvalue weighted by Crippen LogP contribution is -2.05. The number of hydrogen-bond donors (Lipinski definition) is 1. The summed E-state index contributed by atoms with van der Waals surface area (Å²) in [7, 11) is 0. The van der Waals surface area contributed by atoms with E-state index in [1.54, 1.807) is 0 Å². The zero-order chi connectivity index (χ0) is 13.4. The number of nitrogens with zero attached hydrogens (tertiary/aromatic N) is 3. The van der Waals surface area contributed by atoms with Gasteiger partial charge in [-0.25, -0.2) is 4.68 Å². The summed E-state index contributed by atoms with van der Waals surface area (Å²) in [5.74, 6) is 1.14. The van der Waals surface area contributed by atoms with Gasteiger partial charge in [0.05, 0.1) is 11.4 Å². The van der Waals surface area contributed by atoms with Gasteiger partial charge in [-0.3, -0.25) is 0 Å². The highest BCUT2D eigenvalue weighted by Gasteiger charge is 2.31. The Labute approximate surface area is 113 Å². The first-order valence-corrected chi connectivity index (χ1v) is 6.95. The van der Waals surface area contributed by atoms with Crippen LogP contribution in [0.4, 0.5) is 0 Å². The molecule has 0 spiro atoms. The summed E-state index contributed by atoms with van der Waals surface area (Å²) in [6.07, 6.45) is 2.45. The maximum atomic E-state index is 5.76. The lowest BCUT2D eigenvalue weighted by molar-refractivity contribution is 0.762. The molecule has 1 aromatic carbocycles. The van der Waals surface area contributed by atoms with Gasteiger partial charge < -0.3 is 5.73 Å². The number of nitrogens with two attached hydrogens (primary N) is 1. The highest BCUT2D eigenvalue weighted by Crippen LogP contribution is 2.41. The lowest BCUT2D eigenvalue weighted by atomic mass is 10.0. The lowest BCUT2D eigenvalue weighted by Gasteiger charge is -2.09. The predicted molar refractivity (Wildman–Crippen MR) is 75.3 cm³/mol. The van der Waals surface area contributed by atoms with Crippen LogP contribution in [0.5, 0.6) is 0 Å². The van der Waals surface area contributed by atoms with Crippen LogP contribution in [0.15, 0.2) is 24.3 Å². The molecule has 3 rings (SSSR count). The van der Waals surface area contributed by atoms with Crippen molar-refractivity contribution in [1.82, 2.24) is 15.0 Å². The Morgan fingerprint density at radius 1 is 1.26 bits per heavy atom. The van der Waals surface area contributed by atoms with Gasteiger partial charge in [0.25, 0.3) is 0 Å². The molecule has 0 unspecified atom stereocenters. The van der Waals surface area contributed by atoms with Gasteiger partial charge in [-0.2, -0.15) is 0 Å². The molecular formula is C15H20N4. The first-order chi connectivity index (χ1) is 9.20. The van der Waals surface area contributed by atoms with Crippen LogP contribution >= 0.6 is 0 Å². The fraction of sp³-hybridized carbons (Fsp3) is 0.467. The van der Waals surface area contributed by atoms with E-state index in [0.717, 1.165) is 11.4 Å². The smallest absolute Gasteiger partial charge is 0.100 e. The molecule has 0 bridgehead atoms. The van der Waals surface area contributed by atoms with Crippen molar-refractivity contribution in [2.24, 2.45) is 5.73 Å². The van der Waals surface area contributed by atoms with Crippen molar-refractivity contribution in [3.63, 3.8) is 0 Å². The van der Waals surface area contributed by atoms with E-state index >= 15 is 0 Å². The van der Waals surface area contributed by atoms with Crippen LogP contribution in [0.1, 0.15) is 55.5 Å². The average Bonchev–Trinajstić information content (AvgIpc) is 3.17. The molecule has 1 fully saturated rings. The van der Waals surface area contributed by atoms with E-state index < -0.39 is 0 Å². The monoisotopic (exact) mass is 256 g/mol. The zero-order valence-corrected chi connectivity index (χ0v) is 11.5. The fourth-order valence-corrected chi connectivity index (χ4v) is 2.42. The van der Waals surface area contributed by atoms with E-state index in [0.29, 0.717) is 18.4 Å². The minimum atomic E-state index is 0.468. The molecule has 19 heavy (non-hydrogen) atoms. The summed E-state index contributed by atoms with van der Waals surface area (Å²) in [5, 5.41) is 8.50. The average molecular weight is 256 g/mol. The molecule has 100 valence electrons.